The molecule has 18 atom stereocenters. The van der Waals surface area contributed by atoms with Gasteiger partial charge in [-0.15, -0.1) is 0 Å². The van der Waals surface area contributed by atoms with Crippen LogP contribution in [-0.2, 0) is 61.2 Å². The highest BCUT2D eigenvalue weighted by atomic mass is 31.2. The number of unbranched alkanes of at least 4 members (excludes halogenated alkanes) is 40. The van der Waals surface area contributed by atoms with Crippen LogP contribution in [0.1, 0.15) is 316 Å². The van der Waals surface area contributed by atoms with Gasteiger partial charge >= 0.3 is 25.7 Å². The minimum absolute atomic E-state index is 0.0327. The molecule has 0 amide bonds. The van der Waals surface area contributed by atoms with Gasteiger partial charge in [-0.25, -0.2) is 4.57 Å². The smallest absolute Gasteiger partial charge is 0.463 e. The topological polar surface area (TPSA) is 374 Å². The van der Waals surface area contributed by atoms with Crippen molar-refractivity contribution >= 4 is 25.7 Å². The zero-order valence-corrected chi connectivity index (χ0v) is 61.2. The van der Waals surface area contributed by atoms with Crippen LogP contribution in [0.25, 0.3) is 0 Å². The number of phosphoric acid groups is 1. The Balaban J connectivity index is 1.72. The Morgan fingerprint density at radius 1 is 0.357 bits per heavy atom. The maximum atomic E-state index is 14.3. The SMILES string of the molecule is CCCCCCCCCCCCCCCCCCCC(=O)OC(COC(=O)CCCCCCCCCCCCCC)COP(=O)(O)OC1C(OC2OC(CO)C(O)C(O)C2O)C(O)C(O)C(O)C1OC1OC(COC(=O)CCCCCCCCCCCCCCCC)C(O)C(O)C1O. The average Bonchev–Trinajstić information content (AvgIpc) is 0.762. The molecule has 3 rings (SSSR count). The zero-order valence-electron chi connectivity index (χ0n) is 60.3. The highest BCUT2D eigenvalue weighted by molar-refractivity contribution is 7.47. The first kappa shape index (κ1) is 90.2. The number of hydrogen-bond acceptors (Lipinski definition) is 23. The van der Waals surface area contributed by atoms with Crippen molar-refractivity contribution in [2.45, 2.75) is 420 Å². The number of esters is 3. The van der Waals surface area contributed by atoms with Gasteiger partial charge in [0, 0.05) is 19.3 Å². The number of ether oxygens (including phenoxy) is 7. The Kier molecular flexibility index (Phi) is 51.0. The number of aliphatic hydroxyl groups is 10. The summed E-state index contributed by atoms with van der Waals surface area (Å²) < 4.78 is 65.1. The van der Waals surface area contributed by atoms with Crippen LogP contribution < -0.4 is 0 Å². The van der Waals surface area contributed by atoms with E-state index in [1.54, 1.807) is 0 Å². The summed E-state index contributed by atoms with van der Waals surface area (Å²) >= 11 is 0. The lowest BCUT2D eigenvalue weighted by Crippen LogP contribution is -2.69. The van der Waals surface area contributed by atoms with Gasteiger partial charge in [0.05, 0.1) is 13.2 Å². The third-order valence-corrected chi connectivity index (χ3v) is 20.4. The lowest BCUT2D eigenvalue weighted by molar-refractivity contribution is -0.360. The Labute approximate surface area is 587 Å². The highest BCUT2D eigenvalue weighted by Gasteiger charge is 2.58. The molecule has 0 aromatic carbocycles. The number of hydrogen-bond donors (Lipinski definition) is 11. The largest absolute Gasteiger partial charge is 0.472 e. The number of aliphatic hydroxyl groups excluding tert-OH is 10. The molecule has 1 aliphatic carbocycles. The fraction of sp³-hybridized carbons (Fsp3) is 0.959. The van der Waals surface area contributed by atoms with Crippen molar-refractivity contribution in [3.63, 3.8) is 0 Å². The van der Waals surface area contributed by atoms with Crippen LogP contribution in [0, 0.1) is 0 Å². The molecule has 24 nitrogen and oxygen atoms in total. The molecule has 11 N–H and O–H groups in total. The zero-order chi connectivity index (χ0) is 71.8. The summed E-state index contributed by atoms with van der Waals surface area (Å²) in [6.07, 6.45) is 13.0. The first-order valence-electron chi connectivity index (χ1n) is 38.8. The summed E-state index contributed by atoms with van der Waals surface area (Å²) in [7, 11) is -5.69. The van der Waals surface area contributed by atoms with Crippen LogP contribution in [0.2, 0.25) is 0 Å². The molecule has 98 heavy (non-hydrogen) atoms. The van der Waals surface area contributed by atoms with Crippen molar-refractivity contribution in [1.82, 2.24) is 0 Å². The van der Waals surface area contributed by atoms with Gasteiger partial charge in [0.1, 0.15) is 98.7 Å². The quantitative estimate of drug-likeness (QED) is 0.0117. The van der Waals surface area contributed by atoms with E-state index in [-0.39, 0.29) is 19.3 Å². The molecular weight excluding hydrogens is 1290 g/mol. The van der Waals surface area contributed by atoms with E-state index >= 15 is 0 Å². The van der Waals surface area contributed by atoms with Gasteiger partial charge in [-0.2, -0.15) is 0 Å². The third-order valence-electron chi connectivity index (χ3n) is 19.4. The van der Waals surface area contributed by atoms with Crippen LogP contribution in [-0.4, -0.2) is 204 Å². The molecule has 0 aromatic heterocycles. The van der Waals surface area contributed by atoms with E-state index in [1.807, 2.05) is 0 Å². The summed E-state index contributed by atoms with van der Waals surface area (Å²) in [5.41, 5.74) is 0. The molecule has 0 aromatic rings. The molecule has 3 fully saturated rings. The predicted molar refractivity (Wildman–Crippen MR) is 370 cm³/mol. The molecular formula is C73H137O24P. The van der Waals surface area contributed by atoms with Crippen molar-refractivity contribution in [1.29, 1.82) is 0 Å². The average molecular weight is 1430 g/mol. The fourth-order valence-electron chi connectivity index (χ4n) is 13.1. The molecule has 2 saturated heterocycles. The van der Waals surface area contributed by atoms with E-state index in [0.717, 1.165) is 96.3 Å². The number of carbonyl (C=O) groups is 3. The number of phosphoric ester groups is 1. The normalized spacial score (nSPS) is 27.6. The standard InChI is InChI=1S/C73H137O24P/c1-4-7-10-13-16-19-22-25-27-28-29-31-34-37-40-43-46-49-59(77)92-54(51-89-57(75)47-44-41-38-35-32-24-21-18-15-12-9-6-3)52-91-98(87,88)97-71-69(95-72-67(85)62(80)60(78)55(50-74)93-72)65(83)64(82)66(84)70(71)96-73-68(86)63(81)61(79)56(94-73)53-90-58(76)48-45-42-39-36-33-30-26-23-20-17-14-11-8-5-2/h54-56,60-74,78-86H,4-53H2,1-3H3,(H,87,88). The molecule has 25 heteroatoms. The van der Waals surface area contributed by atoms with Crippen LogP contribution in [0.4, 0.5) is 0 Å². The second-order valence-corrected chi connectivity index (χ2v) is 29.5. The molecule has 18 unspecified atom stereocenters. The summed E-state index contributed by atoms with van der Waals surface area (Å²) in [5, 5.41) is 110. The van der Waals surface area contributed by atoms with Gasteiger partial charge in [0.2, 0.25) is 0 Å². The lowest BCUT2D eigenvalue weighted by atomic mass is 9.84. The number of carbonyl (C=O) groups excluding carboxylic acids is 3. The van der Waals surface area contributed by atoms with Crippen LogP contribution in [0.5, 0.6) is 0 Å². The summed E-state index contributed by atoms with van der Waals surface area (Å²) in [5.74, 6) is -1.97. The predicted octanol–water partition coefficient (Wildman–Crippen LogP) is 11.0. The first-order valence-corrected chi connectivity index (χ1v) is 40.3. The van der Waals surface area contributed by atoms with Gasteiger partial charge in [-0.1, -0.05) is 278 Å². The highest BCUT2D eigenvalue weighted by Crippen LogP contribution is 2.49. The van der Waals surface area contributed by atoms with Gasteiger partial charge in [0.15, 0.2) is 18.7 Å². The van der Waals surface area contributed by atoms with E-state index in [9.17, 15) is 74.9 Å². The second-order valence-electron chi connectivity index (χ2n) is 28.1. The monoisotopic (exact) mass is 1430 g/mol. The minimum atomic E-state index is -5.69. The summed E-state index contributed by atoms with van der Waals surface area (Å²) in [6.45, 7) is 3.48. The maximum absolute atomic E-state index is 14.3. The molecule has 0 bridgehead atoms. The lowest BCUT2D eigenvalue weighted by Gasteiger charge is -2.49. The Bertz CT molecular complexity index is 2030. The van der Waals surface area contributed by atoms with Gasteiger partial charge in [-0.05, 0) is 19.3 Å². The Morgan fingerprint density at radius 3 is 1.00 bits per heavy atom. The van der Waals surface area contributed by atoms with Crippen molar-refractivity contribution in [2.24, 2.45) is 0 Å². The minimum Gasteiger partial charge on any atom is -0.463 e. The van der Waals surface area contributed by atoms with Gasteiger partial charge in [-0.3, -0.25) is 23.4 Å². The van der Waals surface area contributed by atoms with Gasteiger partial charge in [0.25, 0.3) is 0 Å². The summed E-state index contributed by atoms with van der Waals surface area (Å²) in [6, 6.07) is 0. The molecule has 0 spiro atoms. The molecule has 0 radical (unpaired) electrons. The second kappa shape index (κ2) is 55.4. The van der Waals surface area contributed by atoms with E-state index in [1.165, 1.54) is 161 Å². The van der Waals surface area contributed by atoms with Crippen molar-refractivity contribution in [2.75, 3.05) is 26.4 Å². The van der Waals surface area contributed by atoms with Crippen LogP contribution in [0.3, 0.4) is 0 Å². The third kappa shape index (κ3) is 38.1. The Hall–Kier alpha value is -2.04. The fourth-order valence-corrected chi connectivity index (χ4v) is 14.0. The number of rotatable bonds is 61. The molecule has 3 aliphatic rings. The van der Waals surface area contributed by atoms with Crippen molar-refractivity contribution < 1.29 is 117 Å². The van der Waals surface area contributed by atoms with E-state index < -0.39 is 156 Å². The Morgan fingerprint density at radius 2 is 0.653 bits per heavy atom. The molecule has 1 saturated carbocycles. The summed E-state index contributed by atoms with van der Waals surface area (Å²) in [4.78, 5) is 51.0. The molecule has 578 valence electrons. The molecule has 2 aliphatic heterocycles. The molecule has 2 heterocycles. The van der Waals surface area contributed by atoms with E-state index in [2.05, 4.69) is 20.8 Å². The van der Waals surface area contributed by atoms with Crippen molar-refractivity contribution in [3.8, 4) is 0 Å². The maximum Gasteiger partial charge on any atom is 0.472 e. The van der Waals surface area contributed by atoms with E-state index in [0.29, 0.717) is 19.3 Å². The van der Waals surface area contributed by atoms with E-state index in [4.69, 9.17) is 42.2 Å². The van der Waals surface area contributed by atoms with Crippen molar-refractivity contribution in [3.05, 3.63) is 0 Å². The van der Waals surface area contributed by atoms with Gasteiger partial charge < -0.3 is 89.1 Å². The first-order chi connectivity index (χ1) is 47.3. The van der Waals surface area contributed by atoms with Crippen LogP contribution in [0.15, 0.2) is 0 Å². The van der Waals surface area contributed by atoms with Crippen LogP contribution >= 0.6 is 7.82 Å².